The van der Waals surface area contributed by atoms with Gasteiger partial charge in [-0.15, -0.1) is 0 Å². The maximum absolute atomic E-state index is 13.1. The molecule has 0 aromatic carbocycles. The van der Waals surface area contributed by atoms with Crippen molar-refractivity contribution in [3.63, 3.8) is 0 Å². The molecule has 1 heteroatoms. The van der Waals surface area contributed by atoms with E-state index in [0.717, 1.165) is 30.4 Å². The minimum absolute atomic E-state index is 0.0359. The third-order valence-corrected chi connectivity index (χ3v) is 1.95. The standard InChI is InChI=1S/C9H13F.C2H6/c1-3-8-6-4-5-7(2)9(8)10;1-2/h6H,3-5H2,1-2H3;1-2H3. The van der Waals surface area contributed by atoms with Gasteiger partial charge in [-0.1, -0.05) is 26.8 Å². The molecule has 1 aliphatic rings. The molecule has 0 N–H and O–H groups in total. The Morgan fingerprint density at radius 3 is 2.42 bits per heavy atom. The van der Waals surface area contributed by atoms with Gasteiger partial charge in [-0.3, -0.25) is 0 Å². The normalized spacial score (nSPS) is 16.6. The highest BCUT2D eigenvalue weighted by molar-refractivity contribution is 5.32. The predicted molar refractivity (Wildman–Crippen MR) is 52.8 cm³/mol. The van der Waals surface area contributed by atoms with Crippen molar-refractivity contribution in [2.24, 2.45) is 0 Å². The summed E-state index contributed by atoms with van der Waals surface area (Å²) >= 11 is 0. The van der Waals surface area contributed by atoms with Gasteiger partial charge in [-0.2, -0.15) is 0 Å². The van der Waals surface area contributed by atoms with Crippen LogP contribution in [0.25, 0.3) is 0 Å². The lowest BCUT2D eigenvalue weighted by Crippen LogP contribution is -1.93. The van der Waals surface area contributed by atoms with Gasteiger partial charge >= 0.3 is 0 Å². The molecule has 0 unspecified atom stereocenters. The summed E-state index contributed by atoms with van der Waals surface area (Å²) in [5.74, 6) is 0.0359. The molecule has 0 fully saturated rings. The van der Waals surface area contributed by atoms with E-state index >= 15 is 0 Å². The Balaban J connectivity index is 0.000000561. The van der Waals surface area contributed by atoms with E-state index in [2.05, 4.69) is 0 Å². The second-order valence-corrected chi connectivity index (χ2v) is 2.72. The molecule has 0 bridgehead atoms. The molecule has 0 amide bonds. The molecule has 70 valence electrons. The van der Waals surface area contributed by atoms with Gasteiger partial charge in [0.15, 0.2) is 0 Å². The second-order valence-electron chi connectivity index (χ2n) is 2.72. The van der Waals surface area contributed by atoms with Gasteiger partial charge in [0.25, 0.3) is 0 Å². The molecule has 0 saturated heterocycles. The fourth-order valence-electron chi connectivity index (χ4n) is 1.24. The quantitative estimate of drug-likeness (QED) is 0.547. The largest absolute Gasteiger partial charge is 0.207 e. The fourth-order valence-corrected chi connectivity index (χ4v) is 1.24. The Bertz CT molecular complexity index is 187. The Morgan fingerprint density at radius 2 is 2.00 bits per heavy atom. The molecule has 0 nitrogen and oxygen atoms in total. The zero-order valence-corrected chi connectivity index (χ0v) is 8.58. The predicted octanol–water partition coefficient (Wildman–Crippen LogP) is 4.39. The maximum Gasteiger partial charge on any atom is 0.124 e. The minimum atomic E-state index is 0.0359. The number of halogens is 1. The second kappa shape index (κ2) is 5.99. The van der Waals surface area contributed by atoms with Crippen molar-refractivity contribution >= 4 is 0 Å². The van der Waals surface area contributed by atoms with Gasteiger partial charge in [-0.05, 0) is 37.3 Å². The first kappa shape index (κ1) is 11.4. The zero-order chi connectivity index (χ0) is 9.56. The van der Waals surface area contributed by atoms with Crippen LogP contribution < -0.4 is 0 Å². The molecular formula is C11H19F. The summed E-state index contributed by atoms with van der Waals surface area (Å²) in [6.07, 6.45) is 4.74. The summed E-state index contributed by atoms with van der Waals surface area (Å²) in [4.78, 5) is 0. The Kier molecular flexibility index (Phi) is 5.69. The zero-order valence-electron chi connectivity index (χ0n) is 8.58. The average molecular weight is 170 g/mol. The number of hydrogen-bond donors (Lipinski definition) is 0. The topological polar surface area (TPSA) is 0 Å². The molecule has 1 aliphatic carbocycles. The highest BCUT2D eigenvalue weighted by Gasteiger charge is 2.09. The molecule has 0 radical (unpaired) electrons. The van der Waals surface area contributed by atoms with Crippen LogP contribution >= 0.6 is 0 Å². The summed E-state index contributed by atoms with van der Waals surface area (Å²) in [7, 11) is 0. The van der Waals surface area contributed by atoms with Crippen LogP contribution in [0.1, 0.15) is 47.0 Å². The first-order valence-electron chi connectivity index (χ1n) is 4.80. The van der Waals surface area contributed by atoms with Crippen LogP contribution in [0.4, 0.5) is 4.39 Å². The van der Waals surface area contributed by atoms with Crippen LogP contribution in [0, 0.1) is 0 Å². The highest BCUT2D eigenvalue weighted by atomic mass is 19.1. The van der Waals surface area contributed by atoms with E-state index in [9.17, 15) is 4.39 Å². The van der Waals surface area contributed by atoms with E-state index in [1.807, 2.05) is 33.8 Å². The van der Waals surface area contributed by atoms with Crippen LogP contribution in [0.5, 0.6) is 0 Å². The van der Waals surface area contributed by atoms with E-state index < -0.39 is 0 Å². The van der Waals surface area contributed by atoms with Crippen LogP contribution in [-0.2, 0) is 0 Å². The van der Waals surface area contributed by atoms with Crippen molar-refractivity contribution in [3.8, 4) is 0 Å². The Labute approximate surface area is 75.2 Å². The molecule has 0 aromatic rings. The number of allylic oxidation sites excluding steroid dienone is 4. The molecule has 1 rings (SSSR count). The van der Waals surface area contributed by atoms with Crippen molar-refractivity contribution in [3.05, 3.63) is 23.0 Å². The maximum atomic E-state index is 13.1. The Hall–Kier alpha value is -0.590. The molecule has 0 aliphatic heterocycles. The van der Waals surface area contributed by atoms with Crippen molar-refractivity contribution in [2.75, 3.05) is 0 Å². The van der Waals surface area contributed by atoms with Crippen LogP contribution in [0.2, 0.25) is 0 Å². The van der Waals surface area contributed by atoms with Gasteiger partial charge in [-0.25, -0.2) is 4.39 Å². The molecule has 0 spiro atoms. The van der Waals surface area contributed by atoms with Crippen molar-refractivity contribution in [1.82, 2.24) is 0 Å². The third-order valence-electron chi connectivity index (χ3n) is 1.95. The summed E-state index contributed by atoms with van der Waals surface area (Å²) in [6.45, 7) is 7.86. The molecule has 0 heterocycles. The van der Waals surface area contributed by atoms with E-state index in [0.29, 0.717) is 0 Å². The number of rotatable bonds is 1. The lowest BCUT2D eigenvalue weighted by atomic mass is 9.98. The van der Waals surface area contributed by atoms with Crippen LogP contribution in [-0.4, -0.2) is 0 Å². The van der Waals surface area contributed by atoms with Gasteiger partial charge in [0, 0.05) is 0 Å². The van der Waals surface area contributed by atoms with Gasteiger partial charge in [0.1, 0.15) is 5.83 Å². The van der Waals surface area contributed by atoms with Gasteiger partial charge in [0.2, 0.25) is 0 Å². The van der Waals surface area contributed by atoms with Crippen LogP contribution in [0.15, 0.2) is 23.0 Å². The van der Waals surface area contributed by atoms with Crippen LogP contribution in [0.3, 0.4) is 0 Å². The summed E-state index contributed by atoms with van der Waals surface area (Å²) in [5, 5.41) is 0. The average Bonchev–Trinajstić information content (AvgIpc) is 2.13. The van der Waals surface area contributed by atoms with Gasteiger partial charge in [0.05, 0.1) is 0 Å². The Morgan fingerprint density at radius 1 is 1.42 bits per heavy atom. The van der Waals surface area contributed by atoms with E-state index in [-0.39, 0.29) is 5.83 Å². The summed E-state index contributed by atoms with van der Waals surface area (Å²) in [6, 6.07) is 0. The molecule has 0 atom stereocenters. The van der Waals surface area contributed by atoms with E-state index in [1.165, 1.54) is 0 Å². The van der Waals surface area contributed by atoms with E-state index in [1.54, 1.807) is 0 Å². The lowest BCUT2D eigenvalue weighted by Gasteiger charge is -2.11. The minimum Gasteiger partial charge on any atom is -0.207 e. The first-order valence-corrected chi connectivity index (χ1v) is 4.80. The van der Waals surface area contributed by atoms with Crippen molar-refractivity contribution in [1.29, 1.82) is 0 Å². The lowest BCUT2D eigenvalue weighted by molar-refractivity contribution is 0.610. The molecule has 0 saturated carbocycles. The summed E-state index contributed by atoms with van der Waals surface area (Å²) < 4.78 is 13.1. The smallest absolute Gasteiger partial charge is 0.124 e. The SMILES string of the molecule is CC.CCC1=CCCC(C)=C1F. The first-order chi connectivity index (χ1) is 5.75. The third kappa shape index (κ3) is 2.80. The molecule has 12 heavy (non-hydrogen) atoms. The van der Waals surface area contributed by atoms with E-state index in [4.69, 9.17) is 0 Å². The number of hydrogen-bond acceptors (Lipinski definition) is 0. The van der Waals surface area contributed by atoms with Crippen molar-refractivity contribution in [2.45, 2.75) is 47.0 Å². The monoisotopic (exact) mass is 170 g/mol. The van der Waals surface area contributed by atoms with Crippen molar-refractivity contribution < 1.29 is 4.39 Å². The molecular weight excluding hydrogens is 151 g/mol. The summed E-state index contributed by atoms with van der Waals surface area (Å²) in [5.41, 5.74) is 1.81. The fraction of sp³-hybridized carbons (Fsp3) is 0.636. The van der Waals surface area contributed by atoms with Gasteiger partial charge < -0.3 is 0 Å². The molecule has 0 aromatic heterocycles. The highest BCUT2D eigenvalue weighted by Crippen LogP contribution is 2.27.